The van der Waals surface area contributed by atoms with Crippen LogP contribution in [0.1, 0.15) is 63.8 Å². The van der Waals surface area contributed by atoms with Crippen LogP contribution in [0.15, 0.2) is 91.4 Å². The van der Waals surface area contributed by atoms with Crippen molar-refractivity contribution >= 4 is 0 Å². The van der Waals surface area contributed by atoms with Crippen LogP contribution in [0, 0.1) is 5.41 Å². The van der Waals surface area contributed by atoms with Crippen LogP contribution in [0.2, 0.25) is 0 Å². The number of aromatic hydroxyl groups is 6. The van der Waals surface area contributed by atoms with Crippen molar-refractivity contribution < 1.29 is 117 Å². The lowest BCUT2D eigenvalue weighted by molar-refractivity contribution is -0.103. The Morgan fingerprint density at radius 3 is 0.632 bits per heavy atom. The molecule has 9 rings (SSSR count). The first kappa shape index (κ1) is 86.8. The van der Waals surface area contributed by atoms with Crippen molar-refractivity contribution in [2.45, 2.75) is 110 Å². The number of hydrogen-bond acceptors (Lipinski definition) is 33. The molecule has 114 heavy (non-hydrogen) atoms. The fourth-order valence-corrected chi connectivity index (χ4v) is 12.9. The van der Waals surface area contributed by atoms with Crippen molar-refractivity contribution in [3.63, 3.8) is 0 Å². The second-order valence-electron chi connectivity index (χ2n) is 27.2. The molecule has 0 aliphatic heterocycles. The third-order valence-corrected chi connectivity index (χ3v) is 18.7. The number of benzene rings is 6. The Morgan fingerprint density at radius 1 is 0.298 bits per heavy atom. The molecule has 3 aromatic heterocycles. The van der Waals surface area contributed by atoms with E-state index in [1.165, 1.54) is 99.4 Å². The van der Waals surface area contributed by atoms with E-state index in [2.05, 4.69) is 30.9 Å². The van der Waals surface area contributed by atoms with Crippen LogP contribution in [0.3, 0.4) is 0 Å². The van der Waals surface area contributed by atoms with Gasteiger partial charge in [0.2, 0.25) is 34.5 Å². The van der Waals surface area contributed by atoms with Crippen LogP contribution in [-0.4, -0.2) is 249 Å². The Bertz CT molecular complexity index is 3780. The van der Waals surface area contributed by atoms with E-state index in [4.69, 9.17) is 71.1 Å². The molecule has 9 aromatic rings. The number of rotatable bonds is 49. The molecule has 0 aliphatic rings. The molecule has 0 amide bonds. The van der Waals surface area contributed by atoms with Gasteiger partial charge in [-0.1, -0.05) is 22.6 Å². The highest BCUT2D eigenvalue weighted by Crippen LogP contribution is 2.44. The third kappa shape index (κ3) is 23.2. The van der Waals surface area contributed by atoms with Crippen molar-refractivity contribution in [2.24, 2.45) is 5.41 Å². The van der Waals surface area contributed by atoms with Gasteiger partial charge in [0, 0.05) is 82.9 Å². The summed E-state index contributed by atoms with van der Waals surface area (Å²) in [6, 6.07) is 20.4. The average Bonchev–Trinajstić information content (AvgIpc) is 1.05. The first-order chi connectivity index (χ1) is 54.9. The zero-order chi connectivity index (χ0) is 82.2. The molecule has 36 nitrogen and oxygen atoms in total. The molecule has 620 valence electrons. The summed E-state index contributed by atoms with van der Waals surface area (Å²) in [6.07, 6.45) is 2.26. The maximum Gasteiger partial charge on any atom is 0.200 e. The predicted molar refractivity (Wildman–Crippen MR) is 409 cm³/mol. The van der Waals surface area contributed by atoms with E-state index in [1.807, 2.05) is 21.6 Å². The van der Waals surface area contributed by atoms with E-state index >= 15 is 0 Å². The summed E-state index contributed by atoms with van der Waals surface area (Å²) in [4.78, 5) is 6.10. The van der Waals surface area contributed by atoms with Crippen molar-refractivity contribution in [3.05, 3.63) is 142 Å². The number of methoxy groups -OCH3 is 12. The van der Waals surface area contributed by atoms with Gasteiger partial charge in [0.1, 0.15) is 0 Å². The topological polar surface area (TPSA) is 422 Å². The Morgan fingerprint density at radius 2 is 0.474 bits per heavy atom. The first-order valence-electron chi connectivity index (χ1n) is 36.2. The van der Waals surface area contributed by atoms with E-state index < -0.39 is 23.7 Å². The fourth-order valence-electron chi connectivity index (χ4n) is 12.9. The molecule has 0 radical (unpaired) electrons. The molecule has 0 spiro atoms. The van der Waals surface area contributed by atoms with Gasteiger partial charge in [-0.2, -0.15) is 0 Å². The SMILES string of the molecule is CCC(COCC(O)Cn1cc(CN(Cc2cc(OC)c(O)c(OC)c2)Cc2cc(OC)c(O)c(OC)c2)nn1)(COCC(O)Cn1cc(CN(Cc2cc(OC)c(O)c(OC)c2)Cc2cc(OC)c(O)c(OC)c2)nn1)COCC(O)Cn1cc(CN(Cc2cc(OC)c(O)c(OC)c2)Cc2cc(OC)c(O)c(OC)c2)nn1. The number of aliphatic hydroxyl groups excluding tert-OH is 3. The number of nitrogens with zero attached hydrogens (tertiary/aromatic N) is 12. The van der Waals surface area contributed by atoms with E-state index in [1.54, 1.807) is 91.4 Å². The van der Waals surface area contributed by atoms with Gasteiger partial charge in [-0.05, 0) is 113 Å². The number of phenols is 6. The van der Waals surface area contributed by atoms with Gasteiger partial charge in [-0.3, -0.25) is 14.7 Å². The van der Waals surface area contributed by atoms with Gasteiger partial charge in [-0.25, -0.2) is 14.0 Å². The molecule has 0 fully saturated rings. The van der Waals surface area contributed by atoms with Crippen LogP contribution in [0.25, 0.3) is 0 Å². The zero-order valence-corrected chi connectivity index (χ0v) is 66.3. The molecule has 6 aromatic carbocycles. The number of aliphatic hydroxyl groups is 3. The molecular weight excluding hydrogens is 1490 g/mol. The summed E-state index contributed by atoms with van der Waals surface area (Å²) in [5.74, 6) is 1.65. The molecule has 9 N–H and O–H groups in total. The lowest BCUT2D eigenvalue weighted by Gasteiger charge is -2.33. The summed E-state index contributed by atoms with van der Waals surface area (Å²) in [5.41, 5.74) is 5.11. The van der Waals surface area contributed by atoms with Gasteiger partial charge in [0.05, 0.1) is 180 Å². The second kappa shape index (κ2) is 41.5. The summed E-state index contributed by atoms with van der Waals surface area (Å²) in [7, 11) is 17.3. The number of hydrogen-bond donors (Lipinski definition) is 9. The highest BCUT2D eigenvalue weighted by molar-refractivity contribution is 5.57. The molecule has 0 saturated carbocycles. The van der Waals surface area contributed by atoms with Crippen LogP contribution < -0.4 is 56.8 Å². The van der Waals surface area contributed by atoms with Crippen LogP contribution >= 0.6 is 0 Å². The van der Waals surface area contributed by atoms with Crippen molar-refractivity contribution in [3.8, 4) is 103 Å². The van der Waals surface area contributed by atoms with Crippen LogP contribution in [0.5, 0.6) is 103 Å². The average molecular weight is 1590 g/mol. The number of aromatic nitrogens is 9. The quantitative estimate of drug-likeness (QED) is 0.0201. The van der Waals surface area contributed by atoms with E-state index in [0.717, 1.165) is 33.4 Å². The molecule has 36 heteroatoms. The summed E-state index contributed by atoms with van der Waals surface area (Å²) >= 11 is 0. The molecule has 3 heterocycles. The minimum atomic E-state index is -1.09. The third-order valence-electron chi connectivity index (χ3n) is 18.7. The van der Waals surface area contributed by atoms with Crippen LogP contribution in [-0.2, 0) is 92.7 Å². The maximum atomic E-state index is 11.6. The summed E-state index contributed by atoms with van der Waals surface area (Å²) < 4.78 is 89.0. The fraction of sp³-hybridized carbons (Fsp3) is 0.462. The van der Waals surface area contributed by atoms with E-state index in [-0.39, 0.29) is 182 Å². The standard InChI is InChI=1S/C78H104N12O24/c1-14-78(45-112-42-57(91)39-88-36-54(79-82-88)33-85(27-48-15-60(100-2)72(94)61(16-48)101-3)28-49-17-62(102-4)73(95)63(18-49)103-5,46-113-43-58(92)40-89-37-55(80-83-89)34-86(29-50-19-64(104-6)74(96)65(20-50)105-7)30-51-21-66(106-8)75(97)67(22-51)107-9)47-114-44-59(93)41-90-38-56(81-84-90)35-87(31-52-23-68(108-10)76(98)69(24-52)109-11)32-53-25-70(110-12)77(99)71(26-53)111-13/h15-26,36-38,57-59,91-99H,14,27-35,39-47H2,1-13H3. The lowest BCUT2D eigenvalue weighted by atomic mass is 9.88. The second-order valence-corrected chi connectivity index (χ2v) is 27.2. The van der Waals surface area contributed by atoms with Gasteiger partial charge < -0.3 is 117 Å². The zero-order valence-electron chi connectivity index (χ0n) is 66.3. The largest absolute Gasteiger partial charge is 0.502 e. The maximum absolute atomic E-state index is 11.6. The molecular formula is C78H104N12O24. The van der Waals surface area contributed by atoms with E-state index in [9.17, 15) is 46.0 Å². The van der Waals surface area contributed by atoms with Crippen molar-refractivity contribution in [2.75, 3.05) is 125 Å². The molecule has 3 unspecified atom stereocenters. The normalized spacial score (nSPS) is 12.9. The summed E-state index contributed by atoms with van der Waals surface area (Å²) in [6.45, 7) is 3.88. The van der Waals surface area contributed by atoms with Crippen molar-refractivity contribution in [1.29, 1.82) is 0 Å². The highest BCUT2D eigenvalue weighted by Gasteiger charge is 2.32. The first-order valence-corrected chi connectivity index (χ1v) is 36.2. The summed E-state index contributed by atoms with van der Waals surface area (Å²) in [5, 5.41) is 126. The van der Waals surface area contributed by atoms with Crippen LogP contribution in [0.4, 0.5) is 0 Å². The molecule has 0 aliphatic carbocycles. The predicted octanol–water partition coefficient (Wildman–Crippen LogP) is 6.33. The Hall–Kier alpha value is -11.2. The van der Waals surface area contributed by atoms with Crippen molar-refractivity contribution in [1.82, 2.24) is 59.7 Å². The molecule has 0 saturated heterocycles. The van der Waals surface area contributed by atoms with Gasteiger partial charge in [0.25, 0.3) is 0 Å². The van der Waals surface area contributed by atoms with E-state index in [0.29, 0.717) is 62.8 Å². The van der Waals surface area contributed by atoms with Gasteiger partial charge in [-0.15, -0.1) is 15.3 Å². The monoisotopic (exact) mass is 1590 g/mol. The smallest absolute Gasteiger partial charge is 0.200 e. The number of ether oxygens (including phenoxy) is 15. The lowest BCUT2D eigenvalue weighted by Crippen LogP contribution is -2.40. The van der Waals surface area contributed by atoms with Gasteiger partial charge >= 0.3 is 0 Å². The Balaban J connectivity index is 0.883. The van der Waals surface area contributed by atoms with Gasteiger partial charge in [0.15, 0.2) is 69.0 Å². The molecule has 0 bridgehead atoms. The highest BCUT2D eigenvalue weighted by atomic mass is 16.5. The minimum Gasteiger partial charge on any atom is -0.502 e. The Kier molecular flexibility index (Phi) is 31.6. The molecule has 3 atom stereocenters. The minimum absolute atomic E-state index is 0.00330. The Labute approximate surface area is 660 Å². The number of phenolic OH excluding ortho intramolecular Hbond substituents is 6.